The van der Waals surface area contributed by atoms with Crippen molar-refractivity contribution in [3.8, 4) is 17.7 Å². The van der Waals surface area contributed by atoms with Crippen LogP contribution in [0.3, 0.4) is 0 Å². The van der Waals surface area contributed by atoms with Crippen molar-refractivity contribution < 1.29 is 14.4 Å². The van der Waals surface area contributed by atoms with Crippen molar-refractivity contribution in [2.45, 2.75) is 19.4 Å². The number of aromatic nitrogens is 5. The minimum atomic E-state index is -1.45. The SMILES string of the molecule is Cc1cc(C(C)(O)C#Cc2ccc3c(N4CCOCC4)nn(-c4ccnc(N)n4)c3c2)no1. The van der Waals surface area contributed by atoms with E-state index in [4.69, 9.17) is 20.1 Å². The maximum Gasteiger partial charge on any atom is 0.221 e. The number of hydrogen-bond acceptors (Lipinski definition) is 9. The summed E-state index contributed by atoms with van der Waals surface area (Å²) in [6.07, 6.45) is 1.60. The van der Waals surface area contributed by atoms with Crippen LogP contribution in [0.5, 0.6) is 0 Å². The second kappa shape index (κ2) is 8.20. The number of aryl methyl sites for hydroxylation is 1. The zero-order chi connectivity index (χ0) is 23.0. The molecule has 3 N–H and O–H groups in total. The highest BCUT2D eigenvalue weighted by molar-refractivity contribution is 5.92. The third-order valence-electron chi connectivity index (χ3n) is 5.43. The Bertz CT molecular complexity index is 1370. The van der Waals surface area contributed by atoms with E-state index in [0.29, 0.717) is 36.0 Å². The van der Waals surface area contributed by atoms with Gasteiger partial charge in [-0.1, -0.05) is 17.0 Å². The molecule has 0 bridgehead atoms. The molecule has 0 saturated carbocycles. The molecule has 33 heavy (non-hydrogen) atoms. The van der Waals surface area contributed by atoms with Crippen LogP contribution in [-0.2, 0) is 10.3 Å². The van der Waals surface area contributed by atoms with Gasteiger partial charge in [-0.15, -0.1) is 5.10 Å². The van der Waals surface area contributed by atoms with Gasteiger partial charge in [0.1, 0.15) is 11.5 Å². The van der Waals surface area contributed by atoms with Crippen molar-refractivity contribution in [3.63, 3.8) is 0 Å². The smallest absolute Gasteiger partial charge is 0.221 e. The fraction of sp³-hybridized carbons (Fsp3) is 0.304. The van der Waals surface area contributed by atoms with Crippen molar-refractivity contribution in [2.24, 2.45) is 0 Å². The average Bonchev–Trinajstić information content (AvgIpc) is 3.42. The summed E-state index contributed by atoms with van der Waals surface area (Å²) in [6.45, 7) is 6.14. The molecule has 4 aromatic rings. The van der Waals surface area contributed by atoms with Gasteiger partial charge in [0.2, 0.25) is 5.95 Å². The van der Waals surface area contributed by atoms with Crippen LogP contribution < -0.4 is 10.6 Å². The summed E-state index contributed by atoms with van der Waals surface area (Å²) in [5.74, 6) is 8.11. The van der Waals surface area contributed by atoms with Crippen LogP contribution in [-0.4, -0.2) is 56.3 Å². The van der Waals surface area contributed by atoms with Gasteiger partial charge in [0.25, 0.3) is 0 Å². The Kier molecular flexibility index (Phi) is 5.20. The van der Waals surface area contributed by atoms with Gasteiger partial charge in [-0.25, -0.2) is 9.67 Å². The molecule has 5 rings (SSSR count). The highest BCUT2D eigenvalue weighted by Gasteiger charge is 2.25. The Labute approximate surface area is 190 Å². The number of nitrogen functional groups attached to an aromatic ring is 1. The highest BCUT2D eigenvalue weighted by atomic mass is 16.5. The summed E-state index contributed by atoms with van der Waals surface area (Å²) in [5.41, 5.74) is 6.26. The first-order valence-electron chi connectivity index (χ1n) is 10.5. The third-order valence-corrected chi connectivity index (χ3v) is 5.43. The monoisotopic (exact) mass is 445 g/mol. The normalized spacial score (nSPS) is 15.8. The highest BCUT2D eigenvalue weighted by Crippen LogP contribution is 2.30. The quantitative estimate of drug-likeness (QED) is 0.454. The lowest BCUT2D eigenvalue weighted by Crippen LogP contribution is -2.36. The van der Waals surface area contributed by atoms with Gasteiger partial charge < -0.3 is 25.0 Å². The van der Waals surface area contributed by atoms with Crippen molar-refractivity contribution in [1.29, 1.82) is 0 Å². The number of morpholine rings is 1. The maximum absolute atomic E-state index is 10.7. The predicted molar refractivity (Wildman–Crippen MR) is 122 cm³/mol. The van der Waals surface area contributed by atoms with Gasteiger partial charge in [-0.2, -0.15) is 4.98 Å². The Morgan fingerprint density at radius 3 is 2.73 bits per heavy atom. The number of hydrogen-bond donors (Lipinski definition) is 2. The summed E-state index contributed by atoms with van der Waals surface area (Å²) < 4.78 is 12.3. The molecule has 1 saturated heterocycles. The van der Waals surface area contributed by atoms with Crippen molar-refractivity contribution in [3.05, 3.63) is 53.5 Å². The number of benzene rings is 1. The molecule has 10 nitrogen and oxygen atoms in total. The average molecular weight is 445 g/mol. The topological polar surface area (TPSA) is 128 Å². The van der Waals surface area contributed by atoms with Gasteiger partial charge >= 0.3 is 0 Å². The van der Waals surface area contributed by atoms with Crippen LogP contribution in [0, 0.1) is 18.8 Å². The first kappa shape index (κ1) is 20.9. The first-order chi connectivity index (χ1) is 15.9. The van der Waals surface area contributed by atoms with Crippen molar-refractivity contribution in [2.75, 3.05) is 36.9 Å². The molecule has 10 heteroatoms. The van der Waals surface area contributed by atoms with E-state index in [9.17, 15) is 5.11 Å². The molecule has 3 aromatic heterocycles. The molecule has 0 amide bonds. The van der Waals surface area contributed by atoms with Crippen LogP contribution in [0.1, 0.15) is 23.9 Å². The molecular weight excluding hydrogens is 422 g/mol. The molecule has 0 spiro atoms. The van der Waals surface area contributed by atoms with Crippen LogP contribution in [0.2, 0.25) is 0 Å². The Hall–Kier alpha value is -3.94. The van der Waals surface area contributed by atoms with Crippen molar-refractivity contribution >= 4 is 22.7 Å². The van der Waals surface area contributed by atoms with Gasteiger partial charge in [-0.3, -0.25) is 0 Å². The second-order valence-corrected chi connectivity index (χ2v) is 7.98. The Morgan fingerprint density at radius 2 is 2.00 bits per heavy atom. The number of fused-ring (bicyclic) bond motifs is 1. The van der Waals surface area contributed by atoms with E-state index in [1.807, 2.05) is 18.2 Å². The molecule has 1 aliphatic heterocycles. The summed E-state index contributed by atoms with van der Waals surface area (Å²) in [4.78, 5) is 10.5. The Balaban J connectivity index is 1.60. The molecule has 1 aliphatic rings. The largest absolute Gasteiger partial charge is 0.378 e. The van der Waals surface area contributed by atoms with Gasteiger partial charge in [0, 0.05) is 42.4 Å². The van der Waals surface area contributed by atoms with Crippen molar-refractivity contribution in [1.82, 2.24) is 24.9 Å². The van der Waals surface area contributed by atoms with Gasteiger partial charge in [0.05, 0.1) is 18.7 Å². The lowest BCUT2D eigenvalue weighted by molar-refractivity contribution is 0.112. The predicted octanol–water partition coefficient (Wildman–Crippen LogP) is 1.79. The summed E-state index contributed by atoms with van der Waals surface area (Å²) >= 11 is 0. The molecule has 1 atom stereocenters. The second-order valence-electron chi connectivity index (χ2n) is 7.98. The first-order valence-corrected chi connectivity index (χ1v) is 10.5. The number of nitrogens with zero attached hydrogens (tertiary/aromatic N) is 6. The molecule has 1 fully saturated rings. The van der Waals surface area contributed by atoms with Crippen LogP contribution in [0.15, 0.2) is 41.1 Å². The fourth-order valence-electron chi connectivity index (χ4n) is 3.70. The standard InChI is InChI=1S/C23H23N7O3/c1-15-13-19(28-33-15)23(2,31)7-5-16-3-4-17-18(14-16)30(20-6-8-25-22(24)26-20)27-21(17)29-9-11-32-12-10-29/h3-4,6,8,13-14,31H,9-12H2,1-2H3,(H2,24,25,26). The van der Waals surface area contributed by atoms with Gasteiger partial charge in [0.15, 0.2) is 17.2 Å². The zero-order valence-electron chi connectivity index (χ0n) is 18.3. The molecular formula is C23H23N7O3. The van der Waals surface area contributed by atoms with Crippen LogP contribution >= 0.6 is 0 Å². The van der Waals surface area contributed by atoms with E-state index >= 15 is 0 Å². The zero-order valence-corrected chi connectivity index (χ0v) is 18.3. The van der Waals surface area contributed by atoms with E-state index in [2.05, 4.69) is 31.9 Å². The molecule has 4 heterocycles. The number of rotatable bonds is 3. The minimum absolute atomic E-state index is 0.166. The van der Waals surface area contributed by atoms with E-state index in [1.165, 1.54) is 0 Å². The molecule has 0 radical (unpaired) electrons. The summed E-state index contributed by atoms with van der Waals surface area (Å²) in [6, 6.07) is 9.22. The van der Waals surface area contributed by atoms with E-state index in [-0.39, 0.29) is 5.95 Å². The number of anilines is 2. The van der Waals surface area contributed by atoms with Crippen LogP contribution in [0.4, 0.5) is 11.8 Å². The molecule has 1 unspecified atom stereocenters. The summed E-state index contributed by atoms with van der Waals surface area (Å²) in [7, 11) is 0. The van der Waals surface area contributed by atoms with E-state index < -0.39 is 5.60 Å². The third kappa shape index (κ3) is 4.11. The maximum atomic E-state index is 10.7. The molecule has 1 aromatic carbocycles. The number of ether oxygens (including phenoxy) is 1. The molecule has 168 valence electrons. The lowest BCUT2D eigenvalue weighted by atomic mass is 10.0. The fourth-order valence-corrected chi connectivity index (χ4v) is 3.70. The van der Waals surface area contributed by atoms with Gasteiger partial charge in [-0.05, 0) is 32.0 Å². The lowest BCUT2D eigenvalue weighted by Gasteiger charge is -2.26. The minimum Gasteiger partial charge on any atom is -0.378 e. The number of aliphatic hydroxyl groups is 1. The van der Waals surface area contributed by atoms with E-state index in [0.717, 1.165) is 29.8 Å². The summed E-state index contributed by atoms with van der Waals surface area (Å²) in [5, 5.41) is 20.4. The number of nitrogens with two attached hydrogens (primary N) is 1. The van der Waals surface area contributed by atoms with Crippen LogP contribution in [0.25, 0.3) is 16.7 Å². The van der Waals surface area contributed by atoms with E-state index in [1.54, 1.807) is 36.9 Å². The Morgan fingerprint density at radius 1 is 1.18 bits per heavy atom. The molecule has 0 aliphatic carbocycles.